The molecule has 0 saturated carbocycles. The fourth-order valence-corrected chi connectivity index (χ4v) is 4.00. The van der Waals surface area contributed by atoms with Gasteiger partial charge in [-0.2, -0.15) is 0 Å². The van der Waals surface area contributed by atoms with E-state index in [4.69, 9.17) is 11.6 Å². The van der Waals surface area contributed by atoms with Gasteiger partial charge in [-0.15, -0.1) is 0 Å². The molecule has 1 aliphatic rings. The second-order valence-corrected chi connectivity index (χ2v) is 8.05. The van der Waals surface area contributed by atoms with E-state index in [0.29, 0.717) is 44.3 Å². The summed E-state index contributed by atoms with van der Waals surface area (Å²) in [4.78, 5) is 29.8. The molecule has 1 fully saturated rings. The maximum absolute atomic E-state index is 13.2. The van der Waals surface area contributed by atoms with Crippen LogP contribution in [0.2, 0.25) is 5.02 Å². The smallest absolute Gasteiger partial charge is 0.263 e. The van der Waals surface area contributed by atoms with E-state index in [0.717, 1.165) is 11.1 Å². The molecular weight excluding hydrogens is 417 g/mol. The zero-order valence-corrected chi connectivity index (χ0v) is 17.8. The summed E-state index contributed by atoms with van der Waals surface area (Å²) >= 11 is 6.13. The van der Waals surface area contributed by atoms with Crippen molar-refractivity contribution in [3.05, 3.63) is 105 Å². The molecular formula is C24H23ClFN3O2. The lowest BCUT2D eigenvalue weighted by Gasteiger charge is -2.34. The van der Waals surface area contributed by atoms with E-state index in [9.17, 15) is 14.0 Å². The van der Waals surface area contributed by atoms with E-state index < -0.39 is 0 Å². The third-order valence-corrected chi connectivity index (χ3v) is 5.87. The van der Waals surface area contributed by atoms with Gasteiger partial charge >= 0.3 is 0 Å². The van der Waals surface area contributed by atoms with Gasteiger partial charge in [0.1, 0.15) is 11.4 Å². The van der Waals surface area contributed by atoms with Crippen LogP contribution in [0.1, 0.15) is 21.5 Å². The Morgan fingerprint density at radius 2 is 1.68 bits per heavy atom. The second-order valence-electron chi connectivity index (χ2n) is 7.64. The molecule has 1 aromatic heterocycles. The number of piperazine rings is 1. The third-order valence-electron chi connectivity index (χ3n) is 5.51. The average molecular weight is 440 g/mol. The number of carbonyl (C=O) groups excluding carboxylic acids is 1. The number of hydrogen-bond acceptors (Lipinski definition) is 3. The van der Waals surface area contributed by atoms with E-state index >= 15 is 0 Å². The molecule has 0 atom stereocenters. The minimum Gasteiger partial charge on any atom is -0.336 e. The Bertz CT molecular complexity index is 1130. The molecule has 0 radical (unpaired) electrons. The molecule has 2 aromatic carbocycles. The van der Waals surface area contributed by atoms with Gasteiger partial charge < -0.3 is 9.47 Å². The molecule has 0 bridgehead atoms. The molecule has 1 aliphatic heterocycles. The van der Waals surface area contributed by atoms with Gasteiger partial charge in [0.2, 0.25) is 0 Å². The predicted octanol–water partition coefficient (Wildman–Crippen LogP) is 3.65. The van der Waals surface area contributed by atoms with E-state index in [2.05, 4.69) is 4.90 Å². The van der Waals surface area contributed by atoms with Crippen LogP contribution in [-0.2, 0) is 13.1 Å². The van der Waals surface area contributed by atoms with Crippen LogP contribution in [0.4, 0.5) is 4.39 Å². The maximum atomic E-state index is 13.2. The number of aromatic nitrogens is 1. The highest BCUT2D eigenvalue weighted by Crippen LogP contribution is 2.20. The van der Waals surface area contributed by atoms with Crippen LogP contribution in [0.5, 0.6) is 0 Å². The fourth-order valence-electron chi connectivity index (χ4n) is 3.77. The molecule has 0 N–H and O–H groups in total. The van der Waals surface area contributed by atoms with Crippen LogP contribution < -0.4 is 5.56 Å². The summed E-state index contributed by atoms with van der Waals surface area (Å²) in [6.45, 7) is 3.37. The fraction of sp³-hybridized carbons (Fsp3) is 0.250. The largest absolute Gasteiger partial charge is 0.336 e. The molecule has 1 saturated heterocycles. The molecule has 2 heterocycles. The number of carbonyl (C=O) groups is 1. The van der Waals surface area contributed by atoms with Crippen LogP contribution in [-0.4, -0.2) is 46.5 Å². The van der Waals surface area contributed by atoms with E-state index in [-0.39, 0.29) is 22.8 Å². The van der Waals surface area contributed by atoms with Crippen molar-refractivity contribution < 1.29 is 9.18 Å². The monoisotopic (exact) mass is 439 g/mol. The predicted molar refractivity (Wildman–Crippen MR) is 119 cm³/mol. The van der Waals surface area contributed by atoms with E-state index in [1.54, 1.807) is 33.9 Å². The maximum Gasteiger partial charge on any atom is 0.263 e. The Hall–Kier alpha value is -2.96. The molecule has 7 heteroatoms. The molecule has 1 amide bonds. The van der Waals surface area contributed by atoms with Crippen molar-refractivity contribution in [3.63, 3.8) is 0 Å². The summed E-state index contributed by atoms with van der Waals surface area (Å²) < 4.78 is 14.8. The van der Waals surface area contributed by atoms with Crippen molar-refractivity contribution >= 4 is 17.5 Å². The SMILES string of the molecule is O=C(c1cccn(Cc2ccccc2)c1=O)N1CCN(Cc2ccc(F)cc2Cl)CC1. The Morgan fingerprint density at radius 3 is 2.39 bits per heavy atom. The Kier molecular flexibility index (Phi) is 6.49. The van der Waals surface area contributed by atoms with Crippen molar-refractivity contribution in [2.45, 2.75) is 13.1 Å². The van der Waals surface area contributed by atoms with Gasteiger partial charge in [0, 0.05) is 43.9 Å². The minimum atomic E-state index is -0.357. The number of pyridine rings is 1. The Morgan fingerprint density at radius 1 is 0.935 bits per heavy atom. The first-order valence-electron chi connectivity index (χ1n) is 10.2. The molecule has 0 aliphatic carbocycles. The molecule has 0 spiro atoms. The van der Waals surface area contributed by atoms with Crippen LogP contribution in [0.15, 0.2) is 71.7 Å². The molecule has 5 nitrogen and oxygen atoms in total. The number of halogens is 2. The summed E-state index contributed by atoms with van der Waals surface area (Å²) in [5.74, 6) is -0.600. The Balaban J connectivity index is 1.40. The standard InChI is InChI=1S/C24H23ClFN3O2/c25-22-15-20(26)9-8-19(22)17-27-11-13-28(14-12-27)23(30)21-7-4-10-29(24(21)31)16-18-5-2-1-3-6-18/h1-10,15H,11-14,16-17H2. The normalized spacial score (nSPS) is 14.6. The minimum absolute atomic E-state index is 0.188. The highest BCUT2D eigenvalue weighted by molar-refractivity contribution is 6.31. The summed E-state index contributed by atoms with van der Waals surface area (Å²) in [6.07, 6.45) is 1.70. The van der Waals surface area contributed by atoms with Gasteiger partial charge in [-0.3, -0.25) is 14.5 Å². The third kappa shape index (κ3) is 5.03. The highest BCUT2D eigenvalue weighted by atomic mass is 35.5. The number of nitrogens with zero attached hydrogens (tertiary/aromatic N) is 3. The van der Waals surface area contributed by atoms with Gasteiger partial charge in [0.05, 0.1) is 6.54 Å². The van der Waals surface area contributed by atoms with Crippen LogP contribution in [0, 0.1) is 5.82 Å². The van der Waals surface area contributed by atoms with Gasteiger partial charge in [-0.1, -0.05) is 48.0 Å². The summed E-state index contributed by atoms with van der Waals surface area (Å²) in [5.41, 5.74) is 1.77. The molecule has 0 unspecified atom stereocenters. The summed E-state index contributed by atoms with van der Waals surface area (Å²) in [7, 11) is 0. The van der Waals surface area contributed by atoms with Gasteiger partial charge in [-0.25, -0.2) is 4.39 Å². The number of benzene rings is 2. The van der Waals surface area contributed by atoms with Gasteiger partial charge in [0.15, 0.2) is 0 Å². The zero-order valence-electron chi connectivity index (χ0n) is 17.0. The van der Waals surface area contributed by atoms with E-state index in [1.807, 2.05) is 30.3 Å². The van der Waals surface area contributed by atoms with Crippen LogP contribution >= 0.6 is 11.6 Å². The first-order valence-corrected chi connectivity index (χ1v) is 10.6. The molecule has 160 valence electrons. The van der Waals surface area contributed by atoms with Crippen molar-refractivity contribution in [2.75, 3.05) is 26.2 Å². The number of rotatable bonds is 5. The first kappa shape index (κ1) is 21.3. The number of hydrogen-bond donors (Lipinski definition) is 0. The summed E-state index contributed by atoms with van der Waals surface area (Å²) in [5, 5.41) is 0.404. The van der Waals surface area contributed by atoms with Crippen molar-refractivity contribution in [2.24, 2.45) is 0 Å². The van der Waals surface area contributed by atoms with Crippen LogP contribution in [0.3, 0.4) is 0 Å². The molecule has 4 rings (SSSR count). The van der Waals surface area contributed by atoms with E-state index in [1.165, 1.54) is 12.1 Å². The highest BCUT2D eigenvalue weighted by Gasteiger charge is 2.24. The van der Waals surface area contributed by atoms with Crippen molar-refractivity contribution in [1.29, 1.82) is 0 Å². The van der Waals surface area contributed by atoms with Crippen molar-refractivity contribution in [1.82, 2.24) is 14.4 Å². The average Bonchev–Trinajstić information content (AvgIpc) is 2.78. The zero-order chi connectivity index (χ0) is 21.8. The first-order chi connectivity index (χ1) is 15.0. The molecule has 31 heavy (non-hydrogen) atoms. The van der Waals surface area contributed by atoms with Gasteiger partial charge in [-0.05, 0) is 35.4 Å². The topological polar surface area (TPSA) is 45.6 Å². The van der Waals surface area contributed by atoms with Crippen molar-refractivity contribution in [3.8, 4) is 0 Å². The quantitative estimate of drug-likeness (QED) is 0.609. The van der Waals surface area contributed by atoms with Crippen LogP contribution in [0.25, 0.3) is 0 Å². The number of amides is 1. The lowest BCUT2D eigenvalue weighted by atomic mass is 10.1. The lowest BCUT2D eigenvalue weighted by Crippen LogP contribution is -2.49. The second kappa shape index (κ2) is 9.45. The lowest BCUT2D eigenvalue weighted by molar-refractivity contribution is 0.0626. The Labute approximate surface area is 185 Å². The van der Waals surface area contributed by atoms with Gasteiger partial charge in [0.25, 0.3) is 11.5 Å². The summed E-state index contributed by atoms with van der Waals surface area (Å²) in [6, 6.07) is 17.4. The molecule has 3 aromatic rings.